The summed E-state index contributed by atoms with van der Waals surface area (Å²) in [6.07, 6.45) is 7.69. The van der Waals surface area contributed by atoms with E-state index in [0.29, 0.717) is 28.3 Å². The van der Waals surface area contributed by atoms with Gasteiger partial charge in [-0.25, -0.2) is 0 Å². The molecule has 0 atom stereocenters. The molecule has 4 fully saturated rings. The van der Waals surface area contributed by atoms with Crippen LogP contribution in [0.1, 0.15) is 64.9 Å². The third kappa shape index (κ3) is 3.29. The first-order valence-corrected chi connectivity index (χ1v) is 11.5. The van der Waals surface area contributed by atoms with E-state index in [0.717, 1.165) is 36.1 Å². The van der Waals surface area contributed by atoms with Gasteiger partial charge in [0.1, 0.15) is 5.00 Å². The van der Waals surface area contributed by atoms with Gasteiger partial charge in [-0.1, -0.05) is 30.3 Å². The van der Waals surface area contributed by atoms with Crippen LogP contribution in [0.4, 0.5) is 5.00 Å². The van der Waals surface area contributed by atoms with Gasteiger partial charge in [-0.15, -0.1) is 11.3 Å². The highest BCUT2D eigenvalue weighted by Crippen LogP contribution is 2.60. The minimum Gasteiger partial charge on any atom is -0.365 e. The van der Waals surface area contributed by atoms with Gasteiger partial charge in [0, 0.05) is 11.3 Å². The SMILES string of the molecule is Cc1c(Cc2ccccc2)sc(NC(=O)C23CC4CC(CC(C4)C2)C3)c1C(N)=O. The Morgan fingerprint density at radius 3 is 2.21 bits per heavy atom. The van der Waals surface area contributed by atoms with Gasteiger partial charge in [-0.05, 0) is 74.3 Å². The number of carbonyl (C=O) groups is 2. The Labute approximate surface area is 175 Å². The van der Waals surface area contributed by atoms with Gasteiger partial charge in [0.2, 0.25) is 5.91 Å². The molecule has 0 saturated heterocycles. The molecule has 152 valence electrons. The molecule has 0 spiro atoms. The zero-order chi connectivity index (χ0) is 20.2. The first kappa shape index (κ1) is 18.9. The van der Waals surface area contributed by atoms with Gasteiger partial charge in [-0.2, -0.15) is 0 Å². The lowest BCUT2D eigenvalue weighted by atomic mass is 9.49. The molecule has 2 amide bonds. The lowest BCUT2D eigenvalue weighted by molar-refractivity contribution is -0.140. The van der Waals surface area contributed by atoms with Gasteiger partial charge in [-0.3, -0.25) is 9.59 Å². The van der Waals surface area contributed by atoms with Crippen LogP contribution in [-0.4, -0.2) is 11.8 Å². The van der Waals surface area contributed by atoms with Crippen LogP contribution < -0.4 is 11.1 Å². The topological polar surface area (TPSA) is 72.2 Å². The predicted octanol–water partition coefficient (Wildman–Crippen LogP) is 4.90. The van der Waals surface area contributed by atoms with E-state index in [1.54, 1.807) is 0 Å². The number of nitrogens with two attached hydrogens (primary N) is 1. The zero-order valence-electron chi connectivity index (χ0n) is 16.9. The van der Waals surface area contributed by atoms with Crippen LogP contribution in [-0.2, 0) is 11.2 Å². The molecule has 1 aromatic heterocycles. The summed E-state index contributed by atoms with van der Waals surface area (Å²) >= 11 is 1.51. The van der Waals surface area contributed by atoms with E-state index in [4.69, 9.17) is 5.73 Å². The molecule has 5 heteroatoms. The molecular formula is C24H28N2O2S. The number of primary amides is 1. The standard InChI is InChI=1S/C24H28N2O2S/c1-14-19(10-15-5-3-2-4-6-15)29-22(20(14)21(25)27)26-23(28)24-11-16-7-17(12-24)9-18(8-16)13-24/h2-6,16-18H,7-13H2,1H3,(H2,25,27)(H,26,28). The van der Waals surface area contributed by atoms with Crippen molar-refractivity contribution >= 4 is 28.2 Å². The number of thiophene rings is 1. The number of nitrogens with one attached hydrogen (secondary N) is 1. The lowest BCUT2D eigenvalue weighted by Gasteiger charge is -2.55. The molecule has 4 aliphatic rings. The summed E-state index contributed by atoms with van der Waals surface area (Å²) in [7, 11) is 0. The summed E-state index contributed by atoms with van der Waals surface area (Å²) in [4.78, 5) is 26.8. The lowest BCUT2D eigenvalue weighted by Crippen LogP contribution is -2.51. The summed E-state index contributed by atoms with van der Waals surface area (Å²) in [5.74, 6) is 1.79. The van der Waals surface area contributed by atoms with E-state index in [1.807, 2.05) is 25.1 Å². The molecule has 0 unspecified atom stereocenters. The van der Waals surface area contributed by atoms with E-state index in [1.165, 1.54) is 36.2 Å². The Bertz CT molecular complexity index is 927. The highest BCUT2D eigenvalue weighted by molar-refractivity contribution is 7.17. The smallest absolute Gasteiger partial charge is 0.251 e. The molecule has 0 aliphatic heterocycles. The van der Waals surface area contributed by atoms with Gasteiger partial charge in [0.15, 0.2) is 0 Å². The minimum absolute atomic E-state index is 0.117. The second-order valence-electron chi connectivity index (χ2n) is 9.53. The molecule has 6 rings (SSSR count). The van der Waals surface area contributed by atoms with Crippen LogP contribution in [0.15, 0.2) is 30.3 Å². The third-order valence-corrected chi connectivity index (χ3v) is 8.65. The molecule has 4 aliphatic carbocycles. The quantitative estimate of drug-likeness (QED) is 0.738. The summed E-state index contributed by atoms with van der Waals surface area (Å²) < 4.78 is 0. The third-order valence-electron chi connectivity index (χ3n) is 7.45. The number of hydrogen-bond donors (Lipinski definition) is 2. The Kier molecular flexibility index (Phi) is 4.54. The largest absolute Gasteiger partial charge is 0.365 e. The van der Waals surface area contributed by atoms with Gasteiger partial charge >= 0.3 is 0 Å². The van der Waals surface area contributed by atoms with E-state index in [9.17, 15) is 9.59 Å². The van der Waals surface area contributed by atoms with Gasteiger partial charge in [0.25, 0.3) is 5.91 Å². The minimum atomic E-state index is -0.459. The van der Waals surface area contributed by atoms with Crippen LogP contribution in [0.25, 0.3) is 0 Å². The maximum atomic E-state index is 13.5. The Morgan fingerprint density at radius 2 is 1.66 bits per heavy atom. The van der Waals surface area contributed by atoms with Gasteiger partial charge < -0.3 is 11.1 Å². The molecule has 4 saturated carbocycles. The molecular weight excluding hydrogens is 380 g/mol. The summed E-state index contributed by atoms with van der Waals surface area (Å²) in [5, 5.41) is 3.82. The summed E-state index contributed by atoms with van der Waals surface area (Å²) in [6, 6.07) is 10.2. The van der Waals surface area contributed by atoms with Gasteiger partial charge in [0.05, 0.1) is 11.0 Å². The van der Waals surface area contributed by atoms with Crippen LogP contribution in [0, 0.1) is 30.1 Å². The van der Waals surface area contributed by atoms with Crippen molar-refractivity contribution in [1.82, 2.24) is 0 Å². The van der Waals surface area contributed by atoms with Crippen LogP contribution in [0.3, 0.4) is 0 Å². The molecule has 1 aromatic carbocycles. The fourth-order valence-electron chi connectivity index (χ4n) is 6.52. The van der Waals surface area contributed by atoms with Crippen molar-refractivity contribution in [2.45, 2.75) is 51.9 Å². The number of hydrogen-bond acceptors (Lipinski definition) is 3. The average molecular weight is 409 g/mol. The molecule has 0 radical (unpaired) electrons. The molecule has 2 aromatic rings. The highest BCUT2D eigenvalue weighted by Gasteiger charge is 2.54. The fraction of sp³-hybridized carbons (Fsp3) is 0.500. The maximum Gasteiger partial charge on any atom is 0.251 e. The number of amides is 2. The first-order chi connectivity index (χ1) is 13.9. The van der Waals surface area contributed by atoms with Crippen LogP contribution in [0.2, 0.25) is 0 Å². The zero-order valence-corrected chi connectivity index (χ0v) is 17.7. The second-order valence-corrected chi connectivity index (χ2v) is 10.6. The number of carbonyl (C=O) groups excluding carboxylic acids is 2. The highest BCUT2D eigenvalue weighted by atomic mass is 32.1. The first-order valence-electron chi connectivity index (χ1n) is 10.7. The van der Waals surface area contributed by atoms with E-state index in [2.05, 4.69) is 17.4 Å². The summed E-state index contributed by atoms with van der Waals surface area (Å²) in [6.45, 7) is 1.94. The van der Waals surface area contributed by atoms with Crippen molar-refractivity contribution in [2.24, 2.45) is 28.9 Å². The van der Waals surface area contributed by atoms with Crippen molar-refractivity contribution in [3.63, 3.8) is 0 Å². The van der Waals surface area contributed by atoms with Crippen molar-refractivity contribution in [3.05, 3.63) is 51.9 Å². The van der Waals surface area contributed by atoms with Crippen molar-refractivity contribution < 1.29 is 9.59 Å². The van der Waals surface area contributed by atoms with E-state index in [-0.39, 0.29) is 11.3 Å². The Morgan fingerprint density at radius 1 is 1.07 bits per heavy atom. The fourth-order valence-corrected chi connectivity index (χ4v) is 7.76. The molecule has 4 nitrogen and oxygen atoms in total. The Hall–Kier alpha value is -2.14. The second kappa shape index (κ2) is 6.98. The molecule has 29 heavy (non-hydrogen) atoms. The van der Waals surface area contributed by atoms with Crippen molar-refractivity contribution in [1.29, 1.82) is 0 Å². The van der Waals surface area contributed by atoms with Crippen molar-refractivity contribution in [3.8, 4) is 0 Å². The normalized spacial score (nSPS) is 29.8. The van der Waals surface area contributed by atoms with E-state index < -0.39 is 5.91 Å². The summed E-state index contributed by atoms with van der Waals surface area (Å²) in [5.41, 5.74) is 8.05. The number of anilines is 1. The molecule has 4 bridgehead atoms. The number of rotatable bonds is 5. The van der Waals surface area contributed by atoms with Crippen LogP contribution >= 0.6 is 11.3 Å². The van der Waals surface area contributed by atoms with Crippen molar-refractivity contribution in [2.75, 3.05) is 5.32 Å². The molecule has 3 N–H and O–H groups in total. The average Bonchev–Trinajstić information content (AvgIpc) is 2.96. The van der Waals surface area contributed by atoms with E-state index >= 15 is 0 Å². The maximum absolute atomic E-state index is 13.5. The monoisotopic (exact) mass is 408 g/mol. The molecule has 1 heterocycles. The number of benzene rings is 1. The Balaban J connectivity index is 1.42. The van der Waals surface area contributed by atoms with Crippen LogP contribution in [0.5, 0.6) is 0 Å². The predicted molar refractivity (Wildman–Crippen MR) is 116 cm³/mol.